The van der Waals surface area contributed by atoms with Gasteiger partial charge in [0.2, 0.25) is 5.91 Å². The molecule has 0 bridgehead atoms. The van der Waals surface area contributed by atoms with Gasteiger partial charge in [-0.25, -0.2) is 0 Å². The van der Waals surface area contributed by atoms with Crippen molar-refractivity contribution >= 4 is 16.9 Å². The van der Waals surface area contributed by atoms with E-state index >= 15 is 0 Å². The first kappa shape index (κ1) is 13.4. The Bertz CT molecular complexity index is 750. The summed E-state index contributed by atoms with van der Waals surface area (Å²) in [7, 11) is 0. The van der Waals surface area contributed by atoms with Crippen LogP contribution >= 0.6 is 0 Å². The molecule has 0 aliphatic rings. The Morgan fingerprint density at radius 1 is 1.14 bits per heavy atom. The van der Waals surface area contributed by atoms with Crippen LogP contribution in [0, 0.1) is 0 Å². The van der Waals surface area contributed by atoms with Crippen molar-refractivity contribution in [1.82, 2.24) is 5.32 Å². The summed E-state index contributed by atoms with van der Waals surface area (Å²) in [4.78, 5) is 11.6. The van der Waals surface area contributed by atoms with Crippen molar-refractivity contribution in [3.8, 4) is 0 Å². The summed E-state index contributed by atoms with van der Waals surface area (Å²) in [5, 5.41) is 4.25. The van der Waals surface area contributed by atoms with Gasteiger partial charge in [-0.15, -0.1) is 0 Å². The Balaban J connectivity index is 1.76. The summed E-state index contributed by atoms with van der Waals surface area (Å²) >= 11 is 0. The highest BCUT2D eigenvalue weighted by atomic mass is 16.3. The van der Waals surface area contributed by atoms with Gasteiger partial charge in [-0.2, -0.15) is 0 Å². The second-order valence-corrected chi connectivity index (χ2v) is 4.92. The van der Waals surface area contributed by atoms with E-state index in [1.165, 1.54) is 0 Å². The SMILES string of the molecule is NC(=O)C(NCc1ccc2occc2c1)c1ccccc1. The lowest BCUT2D eigenvalue weighted by molar-refractivity contribution is -0.120. The van der Waals surface area contributed by atoms with Crippen molar-refractivity contribution in [2.24, 2.45) is 5.73 Å². The number of hydrogen-bond acceptors (Lipinski definition) is 3. The maximum Gasteiger partial charge on any atom is 0.239 e. The standard InChI is InChI=1S/C17H16N2O2/c18-17(20)16(13-4-2-1-3-5-13)19-11-12-6-7-15-14(10-12)8-9-21-15/h1-10,16,19H,11H2,(H2,18,20). The number of furan rings is 1. The van der Waals surface area contributed by atoms with Gasteiger partial charge in [-0.3, -0.25) is 10.1 Å². The van der Waals surface area contributed by atoms with Crippen LogP contribution in [0.2, 0.25) is 0 Å². The maximum absolute atomic E-state index is 11.6. The number of carbonyl (C=O) groups is 1. The van der Waals surface area contributed by atoms with Gasteiger partial charge in [0.05, 0.1) is 6.26 Å². The molecule has 2 aromatic carbocycles. The summed E-state index contributed by atoms with van der Waals surface area (Å²) in [5.41, 5.74) is 8.29. The molecule has 1 aromatic heterocycles. The van der Waals surface area contributed by atoms with Gasteiger partial charge in [-0.05, 0) is 29.3 Å². The van der Waals surface area contributed by atoms with Crippen molar-refractivity contribution in [2.75, 3.05) is 0 Å². The molecule has 3 rings (SSSR count). The number of fused-ring (bicyclic) bond motifs is 1. The number of primary amides is 1. The molecule has 0 spiro atoms. The lowest BCUT2D eigenvalue weighted by Gasteiger charge is -2.15. The van der Waals surface area contributed by atoms with Crippen LogP contribution < -0.4 is 11.1 Å². The molecule has 1 unspecified atom stereocenters. The quantitative estimate of drug-likeness (QED) is 0.755. The molecule has 1 atom stereocenters. The number of rotatable bonds is 5. The minimum Gasteiger partial charge on any atom is -0.464 e. The molecule has 0 aliphatic heterocycles. The predicted octanol–water partition coefficient (Wildman–Crippen LogP) is 2.75. The van der Waals surface area contributed by atoms with Crippen molar-refractivity contribution in [1.29, 1.82) is 0 Å². The second-order valence-electron chi connectivity index (χ2n) is 4.92. The van der Waals surface area contributed by atoms with Crippen LogP contribution in [0.3, 0.4) is 0 Å². The zero-order valence-electron chi connectivity index (χ0n) is 11.5. The average molecular weight is 280 g/mol. The topological polar surface area (TPSA) is 68.3 Å². The van der Waals surface area contributed by atoms with E-state index < -0.39 is 6.04 Å². The maximum atomic E-state index is 11.6. The van der Waals surface area contributed by atoms with Crippen molar-refractivity contribution in [2.45, 2.75) is 12.6 Å². The lowest BCUT2D eigenvalue weighted by Crippen LogP contribution is -2.33. The van der Waals surface area contributed by atoms with Gasteiger partial charge in [0.15, 0.2) is 0 Å². The minimum atomic E-state index is -0.494. The Morgan fingerprint density at radius 2 is 1.95 bits per heavy atom. The van der Waals surface area contributed by atoms with Gasteiger partial charge in [0.25, 0.3) is 0 Å². The first-order valence-electron chi connectivity index (χ1n) is 6.78. The van der Waals surface area contributed by atoms with Gasteiger partial charge < -0.3 is 10.2 Å². The third-order valence-electron chi connectivity index (χ3n) is 3.44. The number of benzene rings is 2. The zero-order valence-corrected chi connectivity index (χ0v) is 11.5. The number of hydrogen-bond donors (Lipinski definition) is 2. The molecule has 3 N–H and O–H groups in total. The van der Waals surface area contributed by atoms with E-state index in [2.05, 4.69) is 5.32 Å². The van der Waals surface area contributed by atoms with E-state index in [0.29, 0.717) is 6.54 Å². The van der Waals surface area contributed by atoms with Gasteiger partial charge >= 0.3 is 0 Å². The molecule has 3 aromatic rings. The Hall–Kier alpha value is -2.59. The molecule has 4 heteroatoms. The van der Waals surface area contributed by atoms with Gasteiger partial charge in [-0.1, -0.05) is 36.4 Å². The Labute approximate surface area is 122 Å². The molecule has 1 heterocycles. The average Bonchev–Trinajstić information content (AvgIpc) is 2.96. The van der Waals surface area contributed by atoms with E-state index in [0.717, 1.165) is 22.1 Å². The lowest BCUT2D eigenvalue weighted by atomic mass is 10.1. The van der Waals surface area contributed by atoms with Crippen molar-refractivity contribution in [3.63, 3.8) is 0 Å². The van der Waals surface area contributed by atoms with Gasteiger partial charge in [0, 0.05) is 11.9 Å². The smallest absolute Gasteiger partial charge is 0.239 e. The van der Waals surface area contributed by atoms with Gasteiger partial charge in [0.1, 0.15) is 11.6 Å². The monoisotopic (exact) mass is 280 g/mol. The summed E-state index contributed by atoms with van der Waals surface area (Å²) in [6.45, 7) is 0.559. The number of amides is 1. The molecule has 4 nitrogen and oxygen atoms in total. The highest BCUT2D eigenvalue weighted by molar-refractivity contribution is 5.81. The fourth-order valence-corrected chi connectivity index (χ4v) is 2.37. The number of nitrogens with one attached hydrogen (secondary N) is 1. The van der Waals surface area contributed by atoms with Crippen LogP contribution in [0.1, 0.15) is 17.2 Å². The zero-order chi connectivity index (χ0) is 14.7. The number of nitrogens with two attached hydrogens (primary N) is 1. The van der Waals surface area contributed by atoms with Crippen LogP contribution in [-0.4, -0.2) is 5.91 Å². The summed E-state index contributed by atoms with van der Waals surface area (Å²) in [6.07, 6.45) is 1.66. The molecule has 21 heavy (non-hydrogen) atoms. The Kier molecular flexibility index (Phi) is 3.71. The van der Waals surface area contributed by atoms with Crippen LogP contribution in [0.15, 0.2) is 65.3 Å². The molecular formula is C17H16N2O2. The van der Waals surface area contributed by atoms with E-state index in [1.54, 1.807) is 6.26 Å². The summed E-state index contributed by atoms with van der Waals surface area (Å²) in [5.74, 6) is -0.384. The van der Waals surface area contributed by atoms with Crippen molar-refractivity contribution < 1.29 is 9.21 Å². The van der Waals surface area contributed by atoms with Crippen molar-refractivity contribution in [3.05, 3.63) is 72.0 Å². The highest BCUT2D eigenvalue weighted by Crippen LogP contribution is 2.18. The Morgan fingerprint density at radius 3 is 2.71 bits per heavy atom. The third kappa shape index (κ3) is 2.95. The van der Waals surface area contributed by atoms with E-state index in [9.17, 15) is 4.79 Å². The second kappa shape index (κ2) is 5.81. The first-order valence-corrected chi connectivity index (χ1v) is 6.78. The van der Waals surface area contributed by atoms with Crippen LogP contribution in [0.25, 0.3) is 11.0 Å². The van der Waals surface area contributed by atoms with Crippen LogP contribution in [0.4, 0.5) is 0 Å². The fraction of sp³-hybridized carbons (Fsp3) is 0.118. The summed E-state index contributed by atoms with van der Waals surface area (Å²) < 4.78 is 5.31. The number of carbonyl (C=O) groups excluding carboxylic acids is 1. The van der Waals surface area contributed by atoms with Crippen LogP contribution in [0.5, 0.6) is 0 Å². The van der Waals surface area contributed by atoms with E-state index in [4.69, 9.17) is 10.2 Å². The molecule has 0 aliphatic carbocycles. The molecular weight excluding hydrogens is 264 g/mol. The molecule has 0 fully saturated rings. The highest BCUT2D eigenvalue weighted by Gasteiger charge is 2.16. The predicted molar refractivity (Wildman–Crippen MR) is 81.4 cm³/mol. The minimum absolute atomic E-state index is 0.384. The normalized spacial score (nSPS) is 12.4. The third-order valence-corrected chi connectivity index (χ3v) is 3.44. The molecule has 0 saturated carbocycles. The van der Waals surface area contributed by atoms with E-state index in [-0.39, 0.29) is 5.91 Å². The summed E-state index contributed by atoms with van der Waals surface area (Å²) in [6, 6.07) is 16.8. The molecule has 1 amide bonds. The largest absolute Gasteiger partial charge is 0.464 e. The molecule has 0 saturated heterocycles. The van der Waals surface area contributed by atoms with E-state index in [1.807, 2.05) is 54.6 Å². The molecule has 106 valence electrons. The first-order chi connectivity index (χ1) is 10.2. The molecule has 0 radical (unpaired) electrons. The van der Waals surface area contributed by atoms with Crippen LogP contribution in [-0.2, 0) is 11.3 Å². The fourth-order valence-electron chi connectivity index (χ4n) is 2.37.